The van der Waals surface area contributed by atoms with Gasteiger partial charge in [0.15, 0.2) is 0 Å². The van der Waals surface area contributed by atoms with Crippen LogP contribution in [-0.4, -0.2) is 42.5 Å². The van der Waals surface area contributed by atoms with E-state index in [9.17, 15) is 14.7 Å². The van der Waals surface area contributed by atoms with Crippen LogP contribution in [0.3, 0.4) is 0 Å². The number of esters is 2. The van der Waals surface area contributed by atoms with Crippen molar-refractivity contribution in [3.8, 4) is 5.75 Å². The lowest BCUT2D eigenvalue weighted by Crippen LogP contribution is -2.46. The van der Waals surface area contributed by atoms with E-state index in [0.29, 0.717) is 17.6 Å². The summed E-state index contributed by atoms with van der Waals surface area (Å²) < 4.78 is 31.3. The number of benzene rings is 1. The normalized spacial score (nSPS) is 25.6. The fraction of sp³-hybridized carbons (Fsp3) is 0.615. The average molecular weight is 461 g/mol. The predicted molar refractivity (Wildman–Crippen MR) is 120 cm³/mol. The first-order valence-electron chi connectivity index (χ1n) is 12.0. The van der Waals surface area contributed by atoms with Gasteiger partial charge in [0, 0.05) is 12.0 Å². The van der Waals surface area contributed by atoms with E-state index in [-0.39, 0.29) is 25.6 Å². The van der Waals surface area contributed by atoms with Gasteiger partial charge in [-0.15, -0.1) is 0 Å². The number of phenolic OH excluding ortho intramolecular Hbond substituents is 1. The highest BCUT2D eigenvalue weighted by Crippen LogP contribution is 2.58. The Labute approximate surface area is 194 Å². The minimum absolute atomic E-state index is 0.0466. The van der Waals surface area contributed by atoms with Gasteiger partial charge >= 0.3 is 17.6 Å². The summed E-state index contributed by atoms with van der Waals surface area (Å²) >= 11 is 0. The second-order valence-corrected chi connectivity index (χ2v) is 9.48. The molecule has 6 nitrogen and oxygen atoms in total. The Hall–Kier alpha value is -2.57. The van der Waals surface area contributed by atoms with Gasteiger partial charge in [0.1, 0.15) is 11.5 Å². The molecule has 4 aliphatic rings. The van der Waals surface area contributed by atoms with Crippen molar-refractivity contribution in [2.24, 2.45) is 23.7 Å². The Kier molecular flexibility index (Phi) is 6.96. The molecule has 4 bridgehead atoms. The van der Waals surface area contributed by atoms with Crippen LogP contribution in [0.2, 0.25) is 0 Å². The summed E-state index contributed by atoms with van der Waals surface area (Å²) in [5.41, 5.74) is -0.955. The van der Waals surface area contributed by atoms with Crippen LogP contribution in [0.1, 0.15) is 57.9 Å². The van der Waals surface area contributed by atoms with Crippen LogP contribution >= 0.6 is 0 Å². The van der Waals surface area contributed by atoms with Crippen LogP contribution in [0.4, 0.5) is 4.39 Å². The Bertz CT molecular complexity index is 875. The monoisotopic (exact) mass is 460 g/mol. The number of ether oxygens (including phenoxy) is 3. The van der Waals surface area contributed by atoms with Gasteiger partial charge in [-0.1, -0.05) is 12.1 Å². The molecule has 5 rings (SSSR count). The maximum absolute atomic E-state index is 15.5. The van der Waals surface area contributed by atoms with Crippen molar-refractivity contribution in [2.75, 3.05) is 19.8 Å². The Morgan fingerprint density at radius 2 is 1.55 bits per heavy atom. The lowest BCUT2D eigenvalue weighted by molar-refractivity contribution is -0.175. The van der Waals surface area contributed by atoms with E-state index >= 15 is 4.39 Å². The van der Waals surface area contributed by atoms with E-state index in [0.717, 1.165) is 43.1 Å². The van der Waals surface area contributed by atoms with Crippen LogP contribution in [0, 0.1) is 23.7 Å². The fourth-order valence-electron chi connectivity index (χ4n) is 6.12. The molecule has 0 amide bonds. The van der Waals surface area contributed by atoms with E-state index in [1.165, 1.54) is 12.0 Å². The number of carbonyl (C=O) groups excluding carboxylic acids is 2. The molecule has 4 aliphatic carbocycles. The van der Waals surface area contributed by atoms with Crippen molar-refractivity contribution in [1.82, 2.24) is 0 Å². The topological polar surface area (TPSA) is 82.1 Å². The van der Waals surface area contributed by atoms with Crippen LogP contribution in [-0.2, 0) is 23.8 Å². The fourth-order valence-corrected chi connectivity index (χ4v) is 6.12. The molecular formula is C26H33FO6. The Balaban J connectivity index is 1.60. The molecule has 0 unspecified atom stereocenters. The number of rotatable bonds is 9. The van der Waals surface area contributed by atoms with Crippen LogP contribution < -0.4 is 0 Å². The van der Waals surface area contributed by atoms with E-state index in [2.05, 4.69) is 0 Å². The second-order valence-electron chi connectivity index (χ2n) is 9.48. The summed E-state index contributed by atoms with van der Waals surface area (Å²) in [5.74, 6) is 0.611. The highest BCUT2D eigenvalue weighted by molar-refractivity contribution is 6.03. The third-order valence-electron chi connectivity index (χ3n) is 7.28. The molecule has 0 saturated heterocycles. The lowest BCUT2D eigenvalue weighted by Gasteiger charge is -2.51. The second kappa shape index (κ2) is 9.74. The van der Waals surface area contributed by atoms with Crippen molar-refractivity contribution in [2.45, 2.75) is 58.0 Å². The van der Waals surface area contributed by atoms with Gasteiger partial charge < -0.3 is 19.3 Å². The zero-order valence-corrected chi connectivity index (χ0v) is 19.3. The molecule has 7 heteroatoms. The van der Waals surface area contributed by atoms with Gasteiger partial charge in [-0.2, -0.15) is 0 Å². The number of alkyl halides is 1. The lowest BCUT2D eigenvalue weighted by atomic mass is 9.54. The molecule has 0 atom stereocenters. The average Bonchev–Trinajstić information content (AvgIpc) is 2.77. The molecule has 1 N–H and O–H groups in total. The first-order valence-corrected chi connectivity index (χ1v) is 12.0. The van der Waals surface area contributed by atoms with Crippen LogP contribution in [0.5, 0.6) is 5.75 Å². The molecule has 4 saturated carbocycles. The molecule has 0 heterocycles. The highest BCUT2D eigenvalue weighted by atomic mass is 19.1. The third kappa shape index (κ3) is 4.73. The first kappa shape index (κ1) is 23.6. The predicted octanol–water partition coefficient (Wildman–Crippen LogP) is 4.80. The number of hydrogen-bond acceptors (Lipinski definition) is 6. The van der Waals surface area contributed by atoms with Gasteiger partial charge in [0.25, 0.3) is 0 Å². The smallest absolute Gasteiger partial charge is 0.355 e. The molecule has 4 fully saturated rings. The summed E-state index contributed by atoms with van der Waals surface area (Å²) in [6.45, 7) is 2.81. The van der Waals surface area contributed by atoms with Gasteiger partial charge in [0.05, 0.1) is 19.8 Å². The largest absolute Gasteiger partial charge is 0.508 e. The quantitative estimate of drug-likeness (QED) is 0.324. The van der Waals surface area contributed by atoms with Crippen LogP contribution in [0.25, 0.3) is 5.76 Å². The molecule has 180 valence electrons. The molecule has 0 aliphatic heterocycles. The summed E-state index contributed by atoms with van der Waals surface area (Å²) in [6, 6.07) is 6.86. The maximum atomic E-state index is 15.5. The van der Waals surface area contributed by atoms with Gasteiger partial charge in [-0.3, -0.25) is 0 Å². The van der Waals surface area contributed by atoms with E-state index < -0.39 is 24.0 Å². The standard InChI is InChI=1S/C26H33FO6/c1-3-31-24(29)26(27,25(30)32-4-2)8-9-33-23(18-6-5-7-21(28)15-18)22-19-11-16-10-17(13-19)14-20(22)12-16/h5-7,15-17,19-20,28H,3-4,8-14H2,1-2H3. The Morgan fingerprint density at radius 1 is 0.970 bits per heavy atom. The Morgan fingerprint density at radius 3 is 2.06 bits per heavy atom. The minimum atomic E-state index is -2.93. The number of aromatic hydroxyl groups is 1. The maximum Gasteiger partial charge on any atom is 0.355 e. The van der Waals surface area contributed by atoms with E-state index in [4.69, 9.17) is 14.2 Å². The molecule has 1 aromatic rings. The summed E-state index contributed by atoms with van der Waals surface area (Å²) in [6.07, 6.45) is 5.33. The minimum Gasteiger partial charge on any atom is -0.508 e. The number of carbonyl (C=O) groups is 2. The zero-order valence-electron chi connectivity index (χ0n) is 19.3. The van der Waals surface area contributed by atoms with Crippen molar-refractivity contribution in [3.05, 3.63) is 35.4 Å². The molecule has 33 heavy (non-hydrogen) atoms. The number of hydrogen-bond donors (Lipinski definition) is 1. The third-order valence-corrected chi connectivity index (χ3v) is 7.28. The highest BCUT2D eigenvalue weighted by Gasteiger charge is 2.50. The van der Waals surface area contributed by atoms with Gasteiger partial charge in [0.2, 0.25) is 0 Å². The summed E-state index contributed by atoms with van der Waals surface area (Å²) in [4.78, 5) is 24.6. The molecule has 0 aromatic heterocycles. The molecule has 0 radical (unpaired) electrons. The van der Waals surface area contributed by atoms with Crippen molar-refractivity contribution in [1.29, 1.82) is 0 Å². The molecule has 0 spiro atoms. The SMILES string of the molecule is CCOC(=O)C(F)(CCOC(=C1C2CC3CC(C2)CC1C3)c1cccc(O)c1)C(=O)OCC. The molecular weight excluding hydrogens is 427 g/mol. The number of phenols is 1. The van der Waals surface area contributed by atoms with Crippen molar-refractivity contribution in [3.63, 3.8) is 0 Å². The number of allylic oxidation sites excluding steroid dienone is 1. The molecule has 1 aromatic carbocycles. The number of halogens is 1. The van der Waals surface area contributed by atoms with E-state index in [1.54, 1.807) is 32.0 Å². The van der Waals surface area contributed by atoms with Crippen molar-refractivity contribution < 1.29 is 33.3 Å². The van der Waals surface area contributed by atoms with Gasteiger partial charge in [-0.05, 0) is 87.3 Å². The van der Waals surface area contributed by atoms with Gasteiger partial charge in [-0.25, -0.2) is 14.0 Å². The first-order chi connectivity index (χ1) is 15.9. The summed E-state index contributed by atoms with van der Waals surface area (Å²) in [7, 11) is 0. The summed E-state index contributed by atoms with van der Waals surface area (Å²) in [5, 5.41) is 10.1. The zero-order chi connectivity index (χ0) is 23.6. The van der Waals surface area contributed by atoms with Crippen LogP contribution in [0.15, 0.2) is 29.8 Å². The van der Waals surface area contributed by atoms with E-state index in [1.807, 2.05) is 6.07 Å². The van der Waals surface area contributed by atoms with Crippen molar-refractivity contribution >= 4 is 17.7 Å².